The van der Waals surface area contributed by atoms with E-state index in [1.54, 1.807) is 24.9 Å². The zero-order valence-electron chi connectivity index (χ0n) is 13.3. The van der Waals surface area contributed by atoms with Crippen molar-refractivity contribution >= 4 is 15.9 Å². The summed E-state index contributed by atoms with van der Waals surface area (Å²) >= 11 is 0. The lowest BCUT2D eigenvalue weighted by molar-refractivity contribution is -0.131. The summed E-state index contributed by atoms with van der Waals surface area (Å²) in [6.45, 7) is 5.52. The average molecular weight is 325 g/mol. The minimum atomic E-state index is -3.50. The molecule has 22 heavy (non-hydrogen) atoms. The number of likely N-dealkylation sites (N-methyl/N-ethyl adjacent to an activating group) is 1. The van der Waals surface area contributed by atoms with Crippen LogP contribution in [0, 0.1) is 13.8 Å². The van der Waals surface area contributed by atoms with Crippen LogP contribution in [-0.2, 0) is 14.8 Å². The third-order valence-electron chi connectivity index (χ3n) is 3.88. The normalized spacial score (nSPS) is 16.8. The lowest BCUT2D eigenvalue weighted by Gasteiger charge is -2.34. The van der Waals surface area contributed by atoms with E-state index < -0.39 is 10.0 Å². The lowest BCUT2D eigenvalue weighted by atomic mass is 10.2. The highest BCUT2D eigenvalue weighted by Gasteiger charge is 2.30. The first-order valence-electron chi connectivity index (χ1n) is 7.36. The molecule has 0 spiro atoms. The number of aryl methyl sites for hydroxylation is 2. The van der Waals surface area contributed by atoms with Crippen molar-refractivity contribution in [1.29, 1.82) is 0 Å². The van der Waals surface area contributed by atoms with Gasteiger partial charge in [-0.15, -0.1) is 0 Å². The summed E-state index contributed by atoms with van der Waals surface area (Å²) in [6, 6.07) is 5.45. The highest BCUT2D eigenvalue weighted by atomic mass is 32.2. The van der Waals surface area contributed by atoms with Gasteiger partial charge < -0.3 is 10.2 Å². The van der Waals surface area contributed by atoms with Crippen LogP contribution in [0.1, 0.15) is 11.1 Å². The van der Waals surface area contributed by atoms with Crippen LogP contribution >= 0.6 is 0 Å². The van der Waals surface area contributed by atoms with Crippen molar-refractivity contribution < 1.29 is 13.2 Å². The van der Waals surface area contributed by atoms with Crippen molar-refractivity contribution in [2.45, 2.75) is 18.7 Å². The van der Waals surface area contributed by atoms with E-state index in [1.807, 2.05) is 19.1 Å². The van der Waals surface area contributed by atoms with Gasteiger partial charge in [0.25, 0.3) is 0 Å². The summed E-state index contributed by atoms with van der Waals surface area (Å²) in [7, 11) is -1.78. The van der Waals surface area contributed by atoms with E-state index in [4.69, 9.17) is 0 Å². The van der Waals surface area contributed by atoms with Crippen LogP contribution in [-0.4, -0.2) is 63.3 Å². The highest BCUT2D eigenvalue weighted by molar-refractivity contribution is 7.89. The molecule has 1 fully saturated rings. The molecule has 1 aromatic rings. The molecular formula is C15H23N3O3S. The molecule has 0 atom stereocenters. The lowest BCUT2D eigenvalue weighted by Crippen LogP contribution is -2.52. The maximum atomic E-state index is 12.8. The number of rotatable bonds is 4. The Morgan fingerprint density at radius 2 is 1.82 bits per heavy atom. The number of sulfonamides is 1. The fraction of sp³-hybridized carbons (Fsp3) is 0.533. The van der Waals surface area contributed by atoms with Crippen molar-refractivity contribution in [1.82, 2.24) is 14.5 Å². The Bertz CT molecular complexity index is 650. The molecule has 1 heterocycles. The quantitative estimate of drug-likeness (QED) is 0.867. The molecule has 0 aliphatic carbocycles. The van der Waals surface area contributed by atoms with E-state index >= 15 is 0 Å². The van der Waals surface area contributed by atoms with E-state index in [9.17, 15) is 13.2 Å². The van der Waals surface area contributed by atoms with Gasteiger partial charge in [-0.3, -0.25) is 4.79 Å². The van der Waals surface area contributed by atoms with Gasteiger partial charge in [-0.05, 0) is 38.1 Å². The molecule has 2 rings (SSSR count). The predicted molar refractivity (Wildman–Crippen MR) is 85.2 cm³/mol. The molecule has 1 aromatic carbocycles. The first-order valence-corrected chi connectivity index (χ1v) is 8.80. The highest BCUT2D eigenvalue weighted by Crippen LogP contribution is 2.22. The molecule has 1 N–H and O–H groups in total. The number of piperazine rings is 1. The average Bonchev–Trinajstić information content (AvgIpc) is 2.50. The van der Waals surface area contributed by atoms with E-state index in [-0.39, 0.29) is 12.5 Å². The molecule has 0 radical (unpaired) electrons. The molecule has 7 heteroatoms. The minimum Gasteiger partial charge on any atom is -0.339 e. The van der Waals surface area contributed by atoms with Gasteiger partial charge in [-0.1, -0.05) is 12.1 Å². The summed E-state index contributed by atoms with van der Waals surface area (Å²) in [4.78, 5) is 13.9. The molecular weight excluding hydrogens is 302 g/mol. The van der Waals surface area contributed by atoms with Crippen LogP contribution in [0.5, 0.6) is 0 Å². The maximum Gasteiger partial charge on any atom is 0.243 e. The van der Waals surface area contributed by atoms with Gasteiger partial charge in [0.05, 0.1) is 11.4 Å². The minimum absolute atomic E-state index is 0.00582. The number of hydrogen-bond acceptors (Lipinski definition) is 4. The first-order chi connectivity index (χ1) is 10.4. The number of carbonyl (C=O) groups is 1. The molecule has 0 saturated carbocycles. The van der Waals surface area contributed by atoms with Crippen LogP contribution in [0.15, 0.2) is 23.1 Å². The smallest absolute Gasteiger partial charge is 0.243 e. The number of hydrogen-bond donors (Lipinski definition) is 1. The third kappa shape index (κ3) is 3.48. The Hall–Kier alpha value is -1.44. The second kappa shape index (κ2) is 6.76. The van der Waals surface area contributed by atoms with E-state index in [2.05, 4.69) is 5.32 Å². The van der Waals surface area contributed by atoms with Gasteiger partial charge >= 0.3 is 0 Å². The Balaban J connectivity index is 2.13. The predicted octanol–water partition coefficient (Wildman–Crippen LogP) is 0.356. The monoisotopic (exact) mass is 325 g/mol. The second-order valence-corrected chi connectivity index (χ2v) is 7.49. The molecule has 0 unspecified atom stereocenters. The Morgan fingerprint density at radius 3 is 2.41 bits per heavy atom. The fourth-order valence-corrected chi connectivity index (χ4v) is 4.30. The summed E-state index contributed by atoms with van der Waals surface area (Å²) in [6.07, 6.45) is 0. The second-order valence-electron chi connectivity index (χ2n) is 5.58. The largest absolute Gasteiger partial charge is 0.339 e. The topological polar surface area (TPSA) is 69.7 Å². The number of amides is 1. The van der Waals surface area contributed by atoms with Gasteiger partial charge in [-0.25, -0.2) is 8.42 Å². The summed E-state index contributed by atoms with van der Waals surface area (Å²) in [5.41, 5.74) is 1.67. The molecule has 122 valence electrons. The number of benzene rings is 1. The van der Waals surface area contributed by atoms with E-state index in [0.29, 0.717) is 31.1 Å². The summed E-state index contributed by atoms with van der Waals surface area (Å²) in [5, 5.41) is 2.82. The van der Waals surface area contributed by atoms with Gasteiger partial charge in [0, 0.05) is 26.2 Å². The number of carbonyl (C=O) groups excluding carboxylic acids is 1. The van der Waals surface area contributed by atoms with Gasteiger partial charge in [0.2, 0.25) is 15.9 Å². The van der Waals surface area contributed by atoms with Crippen molar-refractivity contribution in [3.05, 3.63) is 29.3 Å². The standard InChI is InChI=1S/C15H23N3O3S/c1-12-4-5-13(2)14(10-12)22(20,21)18-8-6-17(7-9-18)15(19)11-16-3/h4-5,10,16H,6-9,11H2,1-3H3. The molecule has 0 aromatic heterocycles. The Morgan fingerprint density at radius 1 is 1.18 bits per heavy atom. The van der Waals surface area contributed by atoms with Crippen LogP contribution in [0.25, 0.3) is 0 Å². The van der Waals surface area contributed by atoms with Crippen molar-refractivity contribution in [3.63, 3.8) is 0 Å². The van der Waals surface area contributed by atoms with Gasteiger partial charge in [0.15, 0.2) is 0 Å². The SMILES string of the molecule is CNCC(=O)N1CCN(S(=O)(=O)c2cc(C)ccc2C)CC1. The Kier molecular flexibility index (Phi) is 5.20. The number of nitrogens with zero attached hydrogens (tertiary/aromatic N) is 2. The molecule has 6 nitrogen and oxygen atoms in total. The zero-order chi connectivity index (χ0) is 16.3. The molecule has 1 saturated heterocycles. The third-order valence-corrected chi connectivity index (χ3v) is 5.92. The number of nitrogens with one attached hydrogen (secondary N) is 1. The van der Waals surface area contributed by atoms with E-state index in [1.165, 1.54) is 4.31 Å². The van der Waals surface area contributed by atoms with Gasteiger partial charge in [0.1, 0.15) is 0 Å². The first kappa shape index (κ1) is 16.9. The fourth-order valence-electron chi connectivity index (χ4n) is 2.57. The van der Waals surface area contributed by atoms with Crippen molar-refractivity contribution in [2.75, 3.05) is 39.8 Å². The van der Waals surface area contributed by atoms with Crippen LogP contribution in [0.3, 0.4) is 0 Å². The van der Waals surface area contributed by atoms with E-state index in [0.717, 1.165) is 11.1 Å². The molecule has 1 amide bonds. The molecule has 1 aliphatic heterocycles. The van der Waals surface area contributed by atoms with Crippen LogP contribution in [0.2, 0.25) is 0 Å². The zero-order valence-corrected chi connectivity index (χ0v) is 14.1. The van der Waals surface area contributed by atoms with Crippen LogP contribution < -0.4 is 5.32 Å². The summed E-state index contributed by atoms with van der Waals surface area (Å²) in [5.74, 6) is 0.00582. The van der Waals surface area contributed by atoms with Crippen molar-refractivity contribution in [3.8, 4) is 0 Å². The van der Waals surface area contributed by atoms with Crippen molar-refractivity contribution in [2.24, 2.45) is 0 Å². The van der Waals surface area contributed by atoms with Gasteiger partial charge in [-0.2, -0.15) is 4.31 Å². The Labute approximate surface area is 132 Å². The molecule has 0 bridgehead atoms. The van der Waals surface area contributed by atoms with Crippen LogP contribution in [0.4, 0.5) is 0 Å². The molecule has 1 aliphatic rings. The maximum absolute atomic E-state index is 12.8. The summed E-state index contributed by atoms with van der Waals surface area (Å²) < 4.78 is 27.0.